The van der Waals surface area contributed by atoms with E-state index in [9.17, 15) is 0 Å². The summed E-state index contributed by atoms with van der Waals surface area (Å²) < 4.78 is 26.3. The summed E-state index contributed by atoms with van der Waals surface area (Å²) in [5, 5.41) is 0. The lowest BCUT2D eigenvalue weighted by atomic mass is 9.65. The zero-order valence-electron chi connectivity index (χ0n) is 22.0. The molecule has 0 radical (unpaired) electrons. The van der Waals surface area contributed by atoms with E-state index in [0.29, 0.717) is 0 Å². The second-order valence-corrected chi connectivity index (χ2v) is 9.22. The van der Waals surface area contributed by atoms with Crippen LogP contribution in [0.15, 0.2) is 109 Å². The Hall–Kier alpha value is -3.52. The van der Waals surface area contributed by atoms with Crippen molar-refractivity contribution in [1.29, 1.82) is 0 Å². The van der Waals surface area contributed by atoms with E-state index >= 15 is 0 Å². The molecule has 2 aliphatic heterocycles. The minimum Gasteiger partial charge on any atom is -0.346 e. The maximum absolute atomic E-state index is 8.75. The first-order valence-electron chi connectivity index (χ1n) is 13.2. The molecule has 0 aliphatic carbocycles. The van der Waals surface area contributed by atoms with Gasteiger partial charge in [0, 0.05) is 15.5 Å². The Bertz CT molecular complexity index is 1340. The van der Waals surface area contributed by atoms with Gasteiger partial charge < -0.3 is 9.80 Å². The van der Waals surface area contributed by atoms with Crippen LogP contribution >= 0.6 is 0 Å². The predicted molar refractivity (Wildman–Crippen MR) is 138 cm³/mol. The van der Waals surface area contributed by atoms with Crippen LogP contribution in [-0.4, -0.2) is 18.2 Å². The summed E-state index contributed by atoms with van der Waals surface area (Å²) in [5.74, 6) is 0. The maximum Gasteiger partial charge on any atom is 0.0995 e. The Morgan fingerprint density at radius 2 is 1.21 bits per heavy atom. The fraction of sp³-hybridized carbons (Fsp3) is 0.226. The topological polar surface area (TPSA) is 6.48 Å². The van der Waals surface area contributed by atoms with E-state index in [1.807, 2.05) is 30.3 Å². The molecule has 4 aromatic carbocycles. The first-order valence-corrected chi connectivity index (χ1v) is 11.7. The molecular formula is C31H30N2. The molecule has 4 aromatic rings. The Morgan fingerprint density at radius 3 is 1.82 bits per heavy atom. The van der Waals surface area contributed by atoms with E-state index < -0.39 is 18.4 Å². The standard InChI is InChI=1S/C31H30N2/c1-22-14-10-12-20-28(22)32-23(2)30-31(25-15-6-4-7-16-25,26-17-8-5-9-18-26)27-19-11-13-21-29(27)33(30)24(32)3/h4-21,23-24,30H,1-3H3/t23-,24?,30?/m0/s1/i3D3. The van der Waals surface area contributed by atoms with Crippen molar-refractivity contribution in [3.8, 4) is 0 Å². The molecule has 0 saturated carbocycles. The van der Waals surface area contributed by atoms with Crippen molar-refractivity contribution < 1.29 is 4.11 Å². The largest absolute Gasteiger partial charge is 0.346 e. The minimum atomic E-state index is -2.22. The Labute approximate surface area is 201 Å². The van der Waals surface area contributed by atoms with Gasteiger partial charge in [-0.3, -0.25) is 0 Å². The van der Waals surface area contributed by atoms with Crippen LogP contribution in [0.4, 0.5) is 11.4 Å². The first kappa shape index (κ1) is 17.0. The molecule has 2 heterocycles. The van der Waals surface area contributed by atoms with Crippen molar-refractivity contribution in [2.24, 2.45) is 0 Å². The molecule has 1 fully saturated rings. The van der Waals surface area contributed by atoms with Crippen LogP contribution in [0, 0.1) is 6.92 Å². The van der Waals surface area contributed by atoms with E-state index in [-0.39, 0.29) is 12.1 Å². The van der Waals surface area contributed by atoms with Gasteiger partial charge in [-0.1, -0.05) is 97.1 Å². The number of aryl methyl sites for hydroxylation is 1. The summed E-state index contributed by atoms with van der Waals surface area (Å²) in [5.41, 5.74) is 6.06. The highest BCUT2D eigenvalue weighted by molar-refractivity contribution is 5.77. The van der Waals surface area contributed by atoms with E-state index in [2.05, 4.69) is 103 Å². The second kappa shape index (κ2) is 7.52. The lowest BCUT2D eigenvalue weighted by Crippen LogP contribution is -2.49. The fourth-order valence-electron chi connectivity index (χ4n) is 6.36. The van der Waals surface area contributed by atoms with Gasteiger partial charge in [0.25, 0.3) is 0 Å². The lowest BCUT2D eigenvalue weighted by molar-refractivity contribution is 0.470. The van der Waals surface area contributed by atoms with E-state index in [0.717, 1.165) is 22.5 Å². The molecule has 2 nitrogen and oxygen atoms in total. The molecule has 2 unspecified atom stereocenters. The monoisotopic (exact) mass is 433 g/mol. The Balaban J connectivity index is 1.71. The summed E-state index contributed by atoms with van der Waals surface area (Å²) in [6, 6.07) is 37.6. The molecule has 164 valence electrons. The van der Waals surface area contributed by atoms with Crippen molar-refractivity contribution in [2.75, 3.05) is 9.80 Å². The highest BCUT2D eigenvalue weighted by Crippen LogP contribution is 2.58. The van der Waals surface area contributed by atoms with Crippen LogP contribution in [0.5, 0.6) is 0 Å². The van der Waals surface area contributed by atoms with Crippen LogP contribution in [-0.2, 0) is 5.41 Å². The zero-order valence-corrected chi connectivity index (χ0v) is 19.0. The predicted octanol–water partition coefficient (Wildman–Crippen LogP) is 6.77. The minimum absolute atomic E-state index is 0.0793. The molecule has 3 atom stereocenters. The van der Waals surface area contributed by atoms with Crippen molar-refractivity contribution in [3.05, 3.63) is 131 Å². The quantitative estimate of drug-likeness (QED) is 0.352. The number of nitrogens with zero attached hydrogens (tertiary/aromatic N) is 2. The van der Waals surface area contributed by atoms with Gasteiger partial charge in [-0.15, -0.1) is 0 Å². The number of rotatable bonds is 3. The van der Waals surface area contributed by atoms with Gasteiger partial charge in [0.2, 0.25) is 0 Å². The van der Waals surface area contributed by atoms with Crippen molar-refractivity contribution in [3.63, 3.8) is 0 Å². The summed E-state index contributed by atoms with van der Waals surface area (Å²) >= 11 is 0. The van der Waals surface area contributed by atoms with Gasteiger partial charge in [0.1, 0.15) is 0 Å². The third kappa shape index (κ3) is 2.67. The summed E-state index contributed by atoms with van der Waals surface area (Å²) in [6.45, 7) is 2.04. The normalized spacial score (nSPS) is 24.5. The van der Waals surface area contributed by atoms with Gasteiger partial charge in [-0.2, -0.15) is 0 Å². The molecule has 0 amide bonds. The summed E-state index contributed by atoms with van der Waals surface area (Å²) in [7, 11) is 0. The van der Waals surface area contributed by atoms with Gasteiger partial charge in [0.05, 0.1) is 23.7 Å². The fourth-order valence-corrected chi connectivity index (χ4v) is 6.36. The summed E-state index contributed by atoms with van der Waals surface area (Å²) in [6.07, 6.45) is -0.783. The van der Waals surface area contributed by atoms with Gasteiger partial charge in [-0.05, 0) is 55.1 Å². The van der Waals surface area contributed by atoms with Gasteiger partial charge in [-0.25, -0.2) is 0 Å². The van der Waals surface area contributed by atoms with Crippen LogP contribution in [0.1, 0.15) is 40.1 Å². The first-order chi connectivity index (χ1) is 17.4. The third-order valence-corrected chi connectivity index (χ3v) is 7.62. The molecule has 0 bridgehead atoms. The maximum atomic E-state index is 8.75. The highest BCUT2D eigenvalue weighted by Gasteiger charge is 2.61. The highest BCUT2D eigenvalue weighted by atomic mass is 15.5. The SMILES string of the molecule is [2H]C([2H])([2H])C1N2c3ccccc3C(c3ccccc3)(c3ccccc3)C2[C@H](C)N1c1ccccc1C. The molecular weight excluding hydrogens is 400 g/mol. The molecule has 0 N–H and O–H groups in total. The average Bonchev–Trinajstić information content (AvgIpc) is 3.36. The molecule has 6 rings (SSSR count). The van der Waals surface area contributed by atoms with E-state index in [1.54, 1.807) is 0 Å². The lowest BCUT2D eigenvalue weighted by Gasteiger charge is -2.40. The molecule has 0 spiro atoms. The van der Waals surface area contributed by atoms with Crippen molar-refractivity contribution in [2.45, 2.75) is 44.4 Å². The summed E-state index contributed by atoms with van der Waals surface area (Å²) in [4.78, 5) is 4.36. The number of hydrogen-bond donors (Lipinski definition) is 0. The van der Waals surface area contributed by atoms with Gasteiger partial charge >= 0.3 is 0 Å². The molecule has 33 heavy (non-hydrogen) atoms. The third-order valence-electron chi connectivity index (χ3n) is 7.62. The van der Waals surface area contributed by atoms with Crippen LogP contribution in [0.25, 0.3) is 0 Å². The smallest absolute Gasteiger partial charge is 0.0995 e. The Kier molecular flexibility index (Phi) is 3.88. The zero-order chi connectivity index (χ0) is 25.1. The molecule has 2 heteroatoms. The van der Waals surface area contributed by atoms with Crippen LogP contribution in [0.2, 0.25) is 0 Å². The van der Waals surface area contributed by atoms with Crippen LogP contribution in [0.3, 0.4) is 0 Å². The van der Waals surface area contributed by atoms with Crippen LogP contribution < -0.4 is 9.80 Å². The van der Waals surface area contributed by atoms with Crippen molar-refractivity contribution >= 4 is 11.4 Å². The number of hydrogen-bond acceptors (Lipinski definition) is 2. The number of anilines is 2. The number of benzene rings is 4. The molecule has 0 aromatic heterocycles. The second-order valence-electron chi connectivity index (χ2n) is 9.22. The average molecular weight is 434 g/mol. The van der Waals surface area contributed by atoms with E-state index in [1.165, 1.54) is 11.1 Å². The number of para-hydroxylation sites is 2. The molecule has 1 saturated heterocycles. The Morgan fingerprint density at radius 1 is 0.667 bits per heavy atom. The van der Waals surface area contributed by atoms with Crippen molar-refractivity contribution in [1.82, 2.24) is 0 Å². The van der Waals surface area contributed by atoms with Gasteiger partial charge in [0.15, 0.2) is 0 Å². The van der Waals surface area contributed by atoms with E-state index in [4.69, 9.17) is 4.11 Å². The number of fused-ring (bicyclic) bond motifs is 3. The molecule has 2 aliphatic rings.